The van der Waals surface area contributed by atoms with E-state index in [1.807, 2.05) is 0 Å². The summed E-state index contributed by atoms with van der Waals surface area (Å²) in [5, 5.41) is 20.8. The molecule has 5 unspecified atom stereocenters. The summed E-state index contributed by atoms with van der Waals surface area (Å²) in [6, 6.07) is 0. The zero-order valence-electron chi connectivity index (χ0n) is 76.4. The summed E-state index contributed by atoms with van der Waals surface area (Å²) in [6.45, 7) is 2.46. The minimum atomic E-state index is -4.95. The summed E-state index contributed by atoms with van der Waals surface area (Å²) in [5.74, 6) is -1.58. The largest absolute Gasteiger partial charge is 0.472 e. The molecule has 692 valence electrons. The molecule has 0 saturated carbocycles. The van der Waals surface area contributed by atoms with Crippen LogP contribution in [0.25, 0.3) is 0 Å². The number of ether oxygens (including phenoxy) is 3. The summed E-state index contributed by atoms with van der Waals surface area (Å²) < 4.78 is 61.6. The van der Waals surface area contributed by atoms with Gasteiger partial charge in [0.25, 0.3) is 0 Å². The molecule has 0 aromatic rings. The summed E-state index contributed by atoms with van der Waals surface area (Å²) in [7, 11) is -9.82. The quantitative estimate of drug-likeness (QED) is 0.0146. The third-order valence-electron chi connectivity index (χ3n) is 20.1. The molecule has 5 atom stereocenters. The Labute approximate surface area is 738 Å². The van der Waals surface area contributed by atoms with Crippen LogP contribution in [0, 0.1) is 0 Å². The Morgan fingerprint density at radius 3 is 0.694 bits per heavy atom. The van der Waals surface area contributed by atoms with Crippen molar-refractivity contribution < 1.29 is 75.8 Å². The van der Waals surface area contributed by atoms with Crippen LogP contribution in [-0.2, 0) is 55.8 Å². The lowest BCUT2D eigenvalue weighted by Crippen LogP contribution is -2.30. The van der Waals surface area contributed by atoms with Gasteiger partial charge in [-0.2, -0.15) is 0 Å². The first-order chi connectivity index (χ1) is 59.2. The predicted octanol–water partition coefficient (Wildman–Crippen LogP) is 30.0. The van der Waals surface area contributed by atoms with Gasteiger partial charge in [-0.25, -0.2) is 9.13 Å². The molecule has 0 aliphatic carbocycles. The van der Waals surface area contributed by atoms with E-state index in [0.717, 1.165) is 193 Å². The lowest BCUT2D eigenvalue weighted by molar-refractivity contribution is -0.161. The Bertz CT molecular complexity index is 2930. The lowest BCUT2D eigenvalue weighted by Gasteiger charge is -2.21. The van der Waals surface area contributed by atoms with Gasteiger partial charge in [0.05, 0.1) is 26.4 Å². The first kappa shape index (κ1) is 116. The van der Waals surface area contributed by atoms with Gasteiger partial charge in [0, 0.05) is 19.3 Å². The second kappa shape index (κ2) is 93.8. The predicted molar refractivity (Wildman–Crippen MR) is 509 cm³/mol. The highest BCUT2D eigenvalue weighted by atomic mass is 31.2. The smallest absolute Gasteiger partial charge is 0.463 e. The molecule has 0 aromatic heterocycles. The highest BCUT2D eigenvalue weighted by Gasteiger charge is 2.30. The number of aliphatic hydroxyl groups excluding tert-OH is 2. The van der Waals surface area contributed by atoms with Gasteiger partial charge in [-0.1, -0.05) is 396 Å². The van der Waals surface area contributed by atoms with Gasteiger partial charge in [0.15, 0.2) is 6.10 Å². The van der Waals surface area contributed by atoms with Crippen molar-refractivity contribution in [1.29, 1.82) is 0 Å². The van der Waals surface area contributed by atoms with Crippen molar-refractivity contribution in [2.45, 2.75) is 411 Å². The number of phosphoric acid groups is 2. The highest BCUT2D eigenvalue weighted by molar-refractivity contribution is 7.47. The number of hydrogen-bond acceptors (Lipinski definition) is 14. The number of phosphoric ester groups is 2. The maximum atomic E-state index is 13.1. The van der Waals surface area contributed by atoms with Crippen LogP contribution < -0.4 is 0 Å². The molecule has 0 aromatic carbocycles. The molecule has 0 aliphatic rings. The van der Waals surface area contributed by atoms with Crippen molar-refractivity contribution in [2.75, 3.05) is 39.6 Å². The molecule has 0 saturated heterocycles. The summed E-state index contributed by atoms with van der Waals surface area (Å²) in [6.07, 6.45) is 124. The van der Waals surface area contributed by atoms with Crippen LogP contribution >= 0.6 is 15.6 Å². The number of unbranched alkanes of at least 4 members (excludes halogenated alkanes) is 37. The van der Waals surface area contributed by atoms with Gasteiger partial charge in [-0.3, -0.25) is 32.5 Å². The molecule has 0 heterocycles. The van der Waals surface area contributed by atoms with E-state index in [-0.39, 0.29) is 19.3 Å². The Kier molecular flexibility index (Phi) is 89.6. The first-order valence-corrected chi connectivity index (χ1v) is 51.1. The molecule has 0 rings (SSSR count). The number of carbonyl (C=O) groups is 3. The third-order valence-corrected chi connectivity index (χ3v) is 22.0. The third kappa shape index (κ3) is 95.2. The maximum absolute atomic E-state index is 13.1. The van der Waals surface area contributed by atoms with E-state index in [0.29, 0.717) is 19.3 Å². The van der Waals surface area contributed by atoms with E-state index in [2.05, 4.69) is 203 Å². The minimum absolute atomic E-state index is 0.0882. The van der Waals surface area contributed by atoms with Crippen molar-refractivity contribution in [3.8, 4) is 0 Å². The molecule has 16 nitrogen and oxygen atoms in total. The average molecular weight is 1730 g/mol. The number of hydrogen-bond donors (Lipinski definition) is 4. The summed E-state index contributed by atoms with van der Waals surface area (Å²) in [5.41, 5.74) is 0. The average Bonchev–Trinajstić information content (AvgIpc) is 0.887. The summed E-state index contributed by atoms with van der Waals surface area (Å²) >= 11 is 0. The molecule has 121 heavy (non-hydrogen) atoms. The van der Waals surface area contributed by atoms with E-state index in [4.69, 9.17) is 32.3 Å². The number of allylic oxidation sites excluding steroid dienone is 30. The van der Waals surface area contributed by atoms with Crippen LogP contribution in [-0.4, -0.2) is 95.9 Å². The fraction of sp³-hybridized carbons (Fsp3) is 0.680. The molecule has 0 bridgehead atoms. The SMILES string of the molecule is CC/C=C\C/C=C\C/C=C\C/C=C\C/C=C\C/C=C\CCCCCCCCCCCCCCCCC(=O)OCC(O)COP(=O)(O)OCC(O)COP(=O)(O)OCC(COC(=O)CCCCCCCCCCCCCCC/C=C\C/C=C\C/C=C\C/C=C\C/C=C\CC)OC(=O)CCCCCCCCC/C=C\C/C=C\C/C=C\C/C=C\CCCCC. The second-order valence-corrected chi connectivity index (χ2v) is 34.7. The Morgan fingerprint density at radius 1 is 0.240 bits per heavy atom. The van der Waals surface area contributed by atoms with Crippen molar-refractivity contribution >= 4 is 33.6 Å². The van der Waals surface area contributed by atoms with Gasteiger partial charge >= 0.3 is 33.6 Å². The van der Waals surface area contributed by atoms with E-state index < -0.39 is 91.5 Å². The monoisotopic (exact) mass is 1730 g/mol. The van der Waals surface area contributed by atoms with E-state index in [1.54, 1.807) is 0 Å². The van der Waals surface area contributed by atoms with Crippen LogP contribution in [0.15, 0.2) is 182 Å². The van der Waals surface area contributed by atoms with Crippen LogP contribution in [0.5, 0.6) is 0 Å². The van der Waals surface area contributed by atoms with Crippen molar-refractivity contribution in [2.24, 2.45) is 0 Å². The van der Waals surface area contributed by atoms with Gasteiger partial charge in [0.2, 0.25) is 0 Å². The van der Waals surface area contributed by atoms with Gasteiger partial charge in [0.1, 0.15) is 25.4 Å². The molecular weight excluding hydrogens is 1560 g/mol. The Hall–Kier alpha value is -5.35. The van der Waals surface area contributed by atoms with Gasteiger partial charge in [-0.15, -0.1) is 0 Å². The molecule has 0 fully saturated rings. The zero-order valence-corrected chi connectivity index (χ0v) is 78.2. The molecule has 0 amide bonds. The lowest BCUT2D eigenvalue weighted by atomic mass is 10.0. The molecule has 0 spiro atoms. The fourth-order valence-corrected chi connectivity index (χ4v) is 14.5. The molecule has 0 radical (unpaired) electrons. The van der Waals surface area contributed by atoms with Crippen LogP contribution in [0.2, 0.25) is 0 Å². The van der Waals surface area contributed by atoms with Gasteiger partial charge in [-0.05, 0) is 161 Å². The number of rotatable bonds is 90. The van der Waals surface area contributed by atoms with E-state index >= 15 is 0 Å². The van der Waals surface area contributed by atoms with Crippen LogP contribution in [0.4, 0.5) is 0 Å². The minimum Gasteiger partial charge on any atom is -0.463 e. The molecular formula is C103H174O16P2. The van der Waals surface area contributed by atoms with E-state index in [1.165, 1.54) is 141 Å². The summed E-state index contributed by atoms with van der Waals surface area (Å²) in [4.78, 5) is 59.1. The molecule has 4 N–H and O–H groups in total. The maximum Gasteiger partial charge on any atom is 0.472 e. The molecule has 18 heteroatoms. The van der Waals surface area contributed by atoms with Crippen LogP contribution in [0.1, 0.15) is 393 Å². The van der Waals surface area contributed by atoms with Crippen LogP contribution in [0.3, 0.4) is 0 Å². The highest BCUT2D eigenvalue weighted by Crippen LogP contribution is 2.45. The topological polar surface area (TPSA) is 231 Å². The van der Waals surface area contributed by atoms with Gasteiger partial charge < -0.3 is 34.2 Å². The number of aliphatic hydroxyl groups is 2. The van der Waals surface area contributed by atoms with Crippen molar-refractivity contribution in [3.05, 3.63) is 182 Å². The van der Waals surface area contributed by atoms with Crippen molar-refractivity contribution in [3.63, 3.8) is 0 Å². The fourth-order valence-electron chi connectivity index (χ4n) is 12.9. The Balaban J connectivity index is 4.60. The number of esters is 3. The normalized spacial score (nSPS) is 14.5. The van der Waals surface area contributed by atoms with E-state index in [9.17, 15) is 43.5 Å². The standard InChI is InChI=1S/C103H174O16P2/c1-4-7-10-13-16-19-22-25-28-31-34-37-40-42-44-46-47-48-49-51-53-54-57-59-62-65-68-71-74-77-80-83-86-89-101(106)113-92-98(104)93-115-120(109,110)116-94-99(105)95-117-121(111,112)118-97-100(119-103(108)91-88-85-82-79-76-73-70-67-64-61-56-39-36-33-30-27-24-21-18-15-12-9-6-3)96-114-102(107)90-87-84-81-78-75-72-69-66-63-60-58-55-52-50-45-43-41-38-35-32-29-26-23-20-17-14-11-8-5-2/h7-8,10-11,16-21,25-30,34-39,42-45,47-48,61,64,98-100,104-105H,4-6,9,12-15,22-24,31-33,40-41,46,49-60,62-63,65-97H2,1-3H3,(H,109,110)(H,111,112)/b10-7-,11-8-,19-16-,20-17-,21-18-,28-25-,29-26-,30-27-,37-34-,38-35-,39-36-,44-42-,45-43-,48-47-,64-61-. The molecule has 0 aliphatic heterocycles. The number of carbonyl (C=O) groups excluding carboxylic acids is 3. The second-order valence-electron chi connectivity index (χ2n) is 31.8. The zero-order chi connectivity index (χ0) is 87.9. The first-order valence-electron chi connectivity index (χ1n) is 48.1. The Morgan fingerprint density at radius 2 is 0.438 bits per heavy atom. The van der Waals surface area contributed by atoms with Crippen molar-refractivity contribution in [1.82, 2.24) is 0 Å².